The third-order valence-corrected chi connectivity index (χ3v) is 7.22. The van der Waals surface area contributed by atoms with Gasteiger partial charge >= 0.3 is 0 Å². The van der Waals surface area contributed by atoms with E-state index in [0.717, 1.165) is 37.5 Å². The number of furan rings is 1. The molecule has 1 nitrogen and oxygen atoms in total. The Kier molecular flexibility index (Phi) is 3.23. The van der Waals surface area contributed by atoms with Gasteiger partial charge in [-0.2, -0.15) is 0 Å². The van der Waals surface area contributed by atoms with Crippen molar-refractivity contribution in [1.82, 2.24) is 0 Å². The fraction of sp³-hybridized carbons (Fsp3) is 0.0714. The maximum Gasteiger partial charge on any atom is 0.136 e. The Morgan fingerprint density at radius 2 is 1.77 bits per heavy atom. The standard InChI is InChI=1S/C28H15BrO/c29-23-5-2-6-25-28(23)22-15-19(11-14-24(22)30-25)20-12-9-18-8-7-16-3-1-4-17-10-13-21(20)27(18)26(16)17/h1-8,10-11,13-15,26-27H. The predicted octanol–water partition coefficient (Wildman–Crippen LogP) is 7.28. The lowest BCUT2D eigenvalue weighted by Gasteiger charge is -2.39. The van der Waals surface area contributed by atoms with E-state index in [0.29, 0.717) is 11.8 Å². The molecule has 0 radical (unpaired) electrons. The predicted molar refractivity (Wildman–Crippen MR) is 126 cm³/mol. The molecule has 2 unspecified atom stereocenters. The first-order valence-corrected chi connectivity index (χ1v) is 10.9. The van der Waals surface area contributed by atoms with E-state index in [2.05, 4.69) is 94.6 Å². The minimum Gasteiger partial charge on any atom is -0.456 e. The molecule has 0 aliphatic heterocycles. The van der Waals surface area contributed by atoms with Crippen molar-refractivity contribution < 1.29 is 4.42 Å². The number of allylic oxidation sites excluding steroid dienone is 12. The number of hydrogen-bond donors (Lipinski definition) is 0. The van der Waals surface area contributed by atoms with Crippen molar-refractivity contribution in [2.24, 2.45) is 11.8 Å². The van der Waals surface area contributed by atoms with Crippen LogP contribution in [0.3, 0.4) is 0 Å². The largest absolute Gasteiger partial charge is 0.456 e. The van der Waals surface area contributed by atoms with E-state index in [1.165, 1.54) is 22.3 Å². The minimum atomic E-state index is 0.311. The zero-order valence-corrected chi connectivity index (χ0v) is 17.5. The van der Waals surface area contributed by atoms with Crippen LogP contribution in [0.5, 0.6) is 0 Å². The lowest BCUT2D eigenvalue weighted by molar-refractivity contribution is 0.570. The Labute approximate surface area is 182 Å². The van der Waals surface area contributed by atoms with Crippen LogP contribution in [0.1, 0.15) is 5.56 Å². The Morgan fingerprint density at radius 3 is 2.73 bits per heavy atom. The summed E-state index contributed by atoms with van der Waals surface area (Å²) in [5.41, 5.74) is 9.41. The van der Waals surface area contributed by atoms with Crippen LogP contribution in [0.25, 0.3) is 27.5 Å². The highest BCUT2D eigenvalue weighted by Crippen LogP contribution is 2.49. The van der Waals surface area contributed by atoms with Gasteiger partial charge in [-0.15, -0.1) is 0 Å². The zero-order valence-electron chi connectivity index (χ0n) is 15.9. The summed E-state index contributed by atoms with van der Waals surface area (Å²) in [5, 5.41) is 2.24. The van der Waals surface area contributed by atoms with Crippen LogP contribution in [0, 0.1) is 23.7 Å². The molecule has 1 aromatic heterocycles. The minimum absolute atomic E-state index is 0.311. The fourth-order valence-corrected chi connectivity index (χ4v) is 5.78. The van der Waals surface area contributed by atoms with Crippen LogP contribution in [-0.4, -0.2) is 0 Å². The molecule has 0 amide bonds. The van der Waals surface area contributed by atoms with Crippen LogP contribution in [0.2, 0.25) is 0 Å². The molecule has 0 spiro atoms. The van der Waals surface area contributed by atoms with Crippen molar-refractivity contribution >= 4 is 43.4 Å². The fourth-order valence-electron chi connectivity index (χ4n) is 5.22. The first kappa shape index (κ1) is 16.5. The monoisotopic (exact) mass is 446 g/mol. The van der Waals surface area contributed by atoms with Gasteiger partial charge in [0, 0.05) is 38.2 Å². The Balaban J connectivity index is 1.48. The molecule has 2 aromatic carbocycles. The lowest BCUT2D eigenvalue weighted by atomic mass is 9.63. The number of rotatable bonds is 1. The molecule has 7 rings (SSSR count). The molecule has 0 N–H and O–H groups in total. The van der Waals surface area contributed by atoms with Crippen molar-refractivity contribution in [2.75, 3.05) is 0 Å². The summed E-state index contributed by atoms with van der Waals surface area (Å²) in [6, 6.07) is 12.5. The average molecular weight is 447 g/mol. The molecular formula is C28H15BrO. The molecule has 3 aromatic rings. The summed E-state index contributed by atoms with van der Waals surface area (Å²) < 4.78 is 7.12. The summed E-state index contributed by atoms with van der Waals surface area (Å²) in [7, 11) is 0. The molecule has 4 aliphatic carbocycles. The normalized spacial score (nSPS) is 23.0. The molecular weight excluding hydrogens is 432 g/mol. The van der Waals surface area contributed by atoms with E-state index >= 15 is 0 Å². The molecule has 2 heteroatoms. The van der Waals surface area contributed by atoms with Gasteiger partial charge in [-0.25, -0.2) is 0 Å². The van der Waals surface area contributed by atoms with Crippen molar-refractivity contribution in [1.29, 1.82) is 0 Å². The molecule has 4 aliphatic rings. The highest BCUT2D eigenvalue weighted by molar-refractivity contribution is 9.10. The highest BCUT2D eigenvalue weighted by atomic mass is 79.9. The van der Waals surface area contributed by atoms with Crippen LogP contribution in [0.15, 0.2) is 110 Å². The van der Waals surface area contributed by atoms with Gasteiger partial charge in [0.05, 0.1) is 0 Å². The Morgan fingerprint density at radius 1 is 0.833 bits per heavy atom. The second-order valence-electron chi connectivity index (χ2n) is 8.11. The quantitative estimate of drug-likeness (QED) is 0.357. The molecule has 1 heterocycles. The first-order chi connectivity index (χ1) is 14.8. The lowest BCUT2D eigenvalue weighted by Crippen LogP contribution is -2.29. The number of hydrogen-bond acceptors (Lipinski definition) is 1. The zero-order chi connectivity index (χ0) is 19.8. The van der Waals surface area contributed by atoms with Gasteiger partial charge in [0.2, 0.25) is 0 Å². The second kappa shape index (κ2) is 5.88. The van der Waals surface area contributed by atoms with Crippen LogP contribution < -0.4 is 0 Å². The van der Waals surface area contributed by atoms with Gasteiger partial charge in [0.1, 0.15) is 11.2 Å². The molecule has 140 valence electrons. The van der Waals surface area contributed by atoms with E-state index in [1.807, 2.05) is 12.1 Å². The van der Waals surface area contributed by atoms with Gasteiger partial charge in [-0.1, -0.05) is 70.3 Å². The third kappa shape index (κ3) is 2.13. The summed E-state index contributed by atoms with van der Waals surface area (Å²) in [6.45, 7) is 0. The van der Waals surface area contributed by atoms with Crippen LogP contribution >= 0.6 is 15.9 Å². The van der Waals surface area contributed by atoms with Crippen molar-refractivity contribution in [3.05, 3.63) is 111 Å². The molecule has 0 saturated carbocycles. The van der Waals surface area contributed by atoms with Gasteiger partial charge < -0.3 is 4.42 Å². The van der Waals surface area contributed by atoms with Gasteiger partial charge in [0.15, 0.2) is 0 Å². The number of fused-ring (bicyclic) bond motifs is 3. The number of benzene rings is 2. The maximum absolute atomic E-state index is 6.07. The van der Waals surface area contributed by atoms with Crippen LogP contribution in [-0.2, 0) is 0 Å². The van der Waals surface area contributed by atoms with Crippen LogP contribution in [0.4, 0.5) is 0 Å². The third-order valence-electron chi connectivity index (χ3n) is 6.56. The van der Waals surface area contributed by atoms with E-state index in [1.54, 1.807) is 0 Å². The van der Waals surface area contributed by atoms with Gasteiger partial charge in [-0.3, -0.25) is 0 Å². The molecule has 0 fully saturated rings. The van der Waals surface area contributed by atoms with E-state index < -0.39 is 0 Å². The highest BCUT2D eigenvalue weighted by Gasteiger charge is 2.38. The molecule has 30 heavy (non-hydrogen) atoms. The van der Waals surface area contributed by atoms with Crippen molar-refractivity contribution in [2.45, 2.75) is 0 Å². The summed E-state index contributed by atoms with van der Waals surface area (Å²) in [5.74, 6) is 7.64. The smallest absolute Gasteiger partial charge is 0.136 e. The van der Waals surface area contributed by atoms with E-state index in [9.17, 15) is 0 Å². The summed E-state index contributed by atoms with van der Waals surface area (Å²) >= 11 is 3.70. The average Bonchev–Trinajstić information content (AvgIpc) is 3.16. The van der Waals surface area contributed by atoms with Crippen molar-refractivity contribution in [3.63, 3.8) is 0 Å². The number of halogens is 1. The van der Waals surface area contributed by atoms with Gasteiger partial charge in [-0.05, 0) is 58.7 Å². The maximum atomic E-state index is 6.07. The Bertz CT molecular complexity index is 1550. The van der Waals surface area contributed by atoms with E-state index in [-0.39, 0.29) is 0 Å². The molecule has 0 saturated heterocycles. The topological polar surface area (TPSA) is 13.1 Å². The Hall–Kier alpha value is -3.28. The molecule has 0 bridgehead atoms. The SMILES string of the molecule is Brc1cccc2oc3ccc(C4=C5C=CC6=CC=CC7=CC=C(C#C4)C5C67)cc3c12. The first-order valence-electron chi connectivity index (χ1n) is 10.1. The van der Waals surface area contributed by atoms with Gasteiger partial charge in [0.25, 0.3) is 0 Å². The molecule has 2 atom stereocenters. The second-order valence-corrected chi connectivity index (χ2v) is 8.96. The van der Waals surface area contributed by atoms with Crippen molar-refractivity contribution in [3.8, 4) is 11.8 Å². The van der Waals surface area contributed by atoms with E-state index in [4.69, 9.17) is 4.42 Å². The summed E-state index contributed by atoms with van der Waals surface area (Å²) in [4.78, 5) is 0. The summed E-state index contributed by atoms with van der Waals surface area (Å²) in [6.07, 6.45) is 15.6.